The molecule has 23 heavy (non-hydrogen) atoms. The van der Waals surface area contributed by atoms with Gasteiger partial charge in [0.25, 0.3) is 11.8 Å². The maximum absolute atomic E-state index is 12.6. The number of morpholine rings is 1. The lowest BCUT2D eigenvalue weighted by Gasteiger charge is -2.39. The molecule has 0 radical (unpaired) electrons. The van der Waals surface area contributed by atoms with Crippen molar-refractivity contribution in [3.8, 4) is 0 Å². The van der Waals surface area contributed by atoms with E-state index < -0.39 is 5.60 Å². The number of aromatic amines is 1. The predicted molar refractivity (Wildman–Crippen MR) is 84.0 cm³/mol. The maximum Gasteiger partial charge on any atom is 0.257 e. The minimum absolute atomic E-state index is 0.112. The van der Waals surface area contributed by atoms with Crippen LogP contribution in [0.3, 0.4) is 0 Å². The predicted octanol–water partition coefficient (Wildman–Crippen LogP) is 1.01. The van der Waals surface area contributed by atoms with Gasteiger partial charge in [-0.1, -0.05) is 12.8 Å². The van der Waals surface area contributed by atoms with Gasteiger partial charge in [-0.2, -0.15) is 5.10 Å². The zero-order valence-electron chi connectivity index (χ0n) is 13.7. The van der Waals surface area contributed by atoms with E-state index in [-0.39, 0.29) is 24.4 Å². The average Bonchev–Trinajstić information content (AvgIpc) is 3.18. The first-order chi connectivity index (χ1) is 11.0. The Morgan fingerprint density at radius 1 is 1.43 bits per heavy atom. The number of nitrogens with one attached hydrogen (secondary N) is 2. The highest BCUT2D eigenvalue weighted by Crippen LogP contribution is 2.23. The molecule has 1 atom stereocenters. The zero-order chi connectivity index (χ0) is 16.4. The van der Waals surface area contributed by atoms with E-state index in [4.69, 9.17) is 4.74 Å². The molecular weight excluding hydrogens is 296 g/mol. The molecule has 2 N–H and O–H groups in total. The molecule has 1 aliphatic carbocycles. The van der Waals surface area contributed by atoms with Crippen LogP contribution in [0.5, 0.6) is 0 Å². The Bertz CT molecular complexity index is 594. The van der Waals surface area contributed by atoms with Gasteiger partial charge in [0.15, 0.2) is 5.60 Å². The van der Waals surface area contributed by atoms with Crippen molar-refractivity contribution in [3.63, 3.8) is 0 Å². The number of hydrogen-bond donors (Lipinski definition) is 2. The van der Waals surface area contributed by atoms with Gasteiger partial charge >= 0.3 is 0 Å². The van der Waals surface area contributed by atoms with Crippen LogP contribution in [0, 0.1) is 6.92 Å². The van der Waals surface area contributed by atoms with Crippen molar-refractivity contribution in [1.82, 2.24) is 20.4 Å². The number of aryl methyl sites for hydroxylation is 1. The first-order valence-corrected chi connectivity index (χ1v) is 8.24. The monoisotopic (exact) mass is 320 g/mol. The van der Waals surface area contributed by atoms with E-state index in [1.807, 2.05) is 6.92 Å². The van der Waals surface area contributed by atoms with Crippen LogP contribution in [-0.4, -0.2) is 58.3 Å². The molecule has 1 aromatic heterocycles. The lowest BCUT2D eigenvalue weighted by molar-refractivity contribution is -0.154. The van der Waals surface area contributed by atoms with Gasteiger partial charge in [-0.05, 0) is 26.7 Å². The van der Waals surface area contributed by atoms with E-state index >= 15 is 0 Å². The highest BCUT2D eigenvalue weighted by molar-refractivity contribution is 5.96. The molecule has 1 saturated carbocycles. The summed E-state index contributed by atoms with van der Waals surface area (Å²) >= 11 is 0. The third-order valence-corrected chi connectivity index (χ3v) is 4.79. The topological polar surface area (TPSA) is 87.3 Å². The highest BCUT2D eigenvalue weighted by Gasteiger charge is 2.42. The number of amides is 2. The fourth-order valence-corrected chi connectivity index (χ4v) is 3.33. The van der Waals surface area contributed by atoms with Crippen LogP contribution < -0.4 is 5.32 Å². The molecule has 3 rings (SSSR count). The van der Waals surface area contributed by atoms with Crippen LogP contribution >= 0.6 is 0 Å². The van der Waals surface area contributed by atoms with Crippen LogP contribution in [-0.2, 0) is 9.53 Å². The molecule has 2 heterocycles. The summed E-state index contributed by atoms with van der Waals surface area (Å²) in [6.45, 7) is 4.67. The zero-order valence-corrected chi connectivity index (χ0v) is 13.7. The van der Waals surface area contributed by atoms with Gasteiger partial charge in [0.1, 0.15) is 0 Å². The molecule has 7 heteroatoms. The van der Waals surface area contributed by atoms with Crippen LogP contribution in [0.1, 0.15) is 48.7 Å². The van der Waals surface area contributed by atoms with Gasteiger partial charge in [-0.25, -0.2) is 0 Å². The summed E-state index contributed by atoms with van der Waals surface area (Å²) in [4.78, 5) is 26.9. The molecule has 0 aromatic carbocycles. The average molecular weight is 320 g/mol. The molecule has 1 aromatic rings. The van der Waals surface area contributed by atoms with Crippen LogP contribution in [0.25, 0.3) is 0 Å². The molecule has 7 nitrogen and oxygen atoms in total. The second-order valence-electron chi connectivity index (χ2n) is 6.67. The van der Waals surface area contributed by atoms with Crippen molar-refractivity contribution in [2.24, 2.45) is 0 Å². The Balaban J connectivity index is 1.67. The normalized spacial score (nSPS) is 25.6. The molecule has 2 aliphatic rings. The van der Waals surface area contributed by atoms with Crippen molar-refractivity contribution < 1.29 is 14.3 Å². The number of carbonyl (C=O) groups is 2. The Hall–Kier alpha value is -1.89. The Labute approximate surface area is 135 Å². The fourth-order valence-electron chi connectivity index (χ4n) is 3.33. The van der Waals surface area contributed by atoms with Crippen molar-refractivity contribution >= 4 is 11.8 Å². The third-order valence-electron chi connectivity index (χ3n) is 4.79. The van der Waals surface area contributed by atoms with E-state index in [1.165, 1.54) is 6.20 Å². The maximum atomic E-state index is 12.6. The smallest absolute Gasteiger partial charge is 0.257 e. The standard InChI is InChI=1S/C16H24N4O3/c1-11-13(9-17-19-11)14(21)20-7-8-23-16(2,10-20)15(22)18-12-5-3-4-6-12/h9,12H,3-8,10H2,1-2H3,(H,17,19)(H,18,22)/t16-/m0/s1. The number of nitrogens with zero attached hydrogens (tertiary/aromatic N) is 2. The van der Waals surface area contributed by atoms with Gasteiger partial charge in [0.2, 0.25) is 0 Å². The number of H-pyrrole nitrogens is 1. The molecule has 2 fully saturated rings. The molecule has 0 unspecified atom stereocenters. The quantitative estimate of drug-likeness (QED) is 0.870. The first kappa shape index (κ1) is 16.0. The summed E-state index contributed by atoms with van der Waals surface area (Å²) in [5, 5.41) is 9.74. The van der Waals surface area contributed by atoms with Crippen LogP contribution in [0.2, 0.25) is 0 Å². The van der Waals surface area contributed by atoms with Crippen molar-refractivity contribution in [1.29, 1.82) is 0 Å². The van der Waals surface area contributed by atoms with Crippen LogP contribution in [0.15, 0.2) is 6.20 Å². The van der Waals surface area contributed by atoms with Crippen LogP contribution in [0.4, 0.5) is 0 Å². The number of hydrogen-bond acceptors (Lipinski definition) is 4. The molecule has 0 bridgehead atoms. The number of rotatable bonds is 3. The lowest BCUT2D eigenvalue weighted by Crippen LogP contribution is -2.60. The molecule has 2 amide bonds. The van der Waals surface area contributed by atoms with Gasteiger partial charge in [0, 0.05) is 18.3 Å². The van der Waals surface area contributed by atoms with Gasteiger partial charge in [-0.3, -0.25) is 14.7 Å². The summed E-state index contributed by atoms with van der Waals surface area (Å²) in [6.07, 6.45) is 5.90. The number of aromatic nitrogens is 2. The fraction of sp³-hybridized carbons (Fsp3) is 0.688. The summed E-state index contributed by atoms with van der Waals surface area (Å²) in [5.74, 6) is -0.231. The number of carbonyl (C=O) groups excluding carboxylic acids is 2. The summed E-state index contributed by atoms with van der Waals surface area (Å²) in [7, 11) is 0. The molecule has 0 spiro atoms. The van der Waals surface area contributed by atoms with E-state index in [0.717, 1.165) is 31.4 Å². The van der Waals surface area contributed by atoms with Crippen molar-refractivity contribution in [3.05, 3.63) is 17.5 Å². The van der Waals surface area contributed by atoms with E-state index in [9.17, 15) is 9.59 Å². The second kappa shape index (κ2) is 6.31. The highest BCUT2D eigenvalue weighted by atomic mass is 16.5. The summed E-state index contributed by atoms with van der Waals surface area (Å²) in [5.41, 5.74) is 0.290. The molecule has 1 saturated heterocycles. The minimum atomic E-state index is -0.992. The van der Waals surface area contributed by atoms with Crippen molar-refractivity contribution in [2.45, 2.75) is 51.2 Å². The SMILES string of the molecule is Cc1[nH]ncc1C(=O)N1CCO[C@](C)(C(=O)NC2CCCC2)C1. The molecule has 1 aliphatic heterocycles. The molecular formula is C16H24N4O3. The Morgan fingerprint density at radius 3 is 2.83 bits per heavy atom. The largest absolute Gasteiger partial charge is 0.362 e. The van der Waals surface area contributed by atoms with Crippen molar-refractivity contribution in [2.75, 3.05) is 19.7 Å². The lowest BCUT2D eigenvalue weighted by atomic mass is 10.0. The van der Waals surface area contributed by atoms with Gasteiger partial charge < -0.3 is 15.0 Å². The Kier molecular flexibility index (Phi) is 4.39. The molecule has 126 valence electrons. The van der Waals surface area contributed by atoms with E-state index in [0.29, 0.717) is 18.7 Å². The first-order valence-electron chi connectivity index (χ1n) is 8.24. The van der Waals surface area contributed by atoms with E-state index in [1.54, 1.807) is 11.8 Å². The summed E-state index contributed by atoms with van der Waals surface area (Å²) in [6, 6.07) is 0.241. The third kappa shape index (κ3) is 3.24. The summed E-state index contributed by atoms with van der Waals surface area (Å²) < 4.78 is 5.74. The van der Waals surface area contributed by atoms with Gasteiger partial charge in [-0.15, -0.1) is 0 Å². The minimum Gasteiger partial charge on any atom is -0.362 e. The van der Waals surface area contributed by atoms with Gasteiger partial charge in [0.05, 0.1) is 24.9 Å². The second-order valence-corrected chi connectivity index (χ2v) is 6.67. The number of ether oxygens (including phenoxy) is 1. The Morgan fingerprint density at radius 2 is 2.17 bits per heavy atom. The van der Waals surface area contributed by atoms with E-state index in [2.05, 4.69) is 15.5 Å².